The molecule has 0 aliphatic heterocycles. The number of ether oxygens (including phenoxy) is 5. The van der Waals surface area contributed by atoms with Crippen LogP contribution in [0.1, 0.15) is 407 Å². The molecule has 6 atom stereocenters. The van der Waals surface area contributed by atoms with E-state index in [1.165, 1.54) is 155 Å². The van der Waals surface area contributed by atoms with Crippen molar-refractivity contribution in [2.45, 2.75) is 432 Å². The Hall–Kier alpha value is -4.46. The van der Waals surface area contributed by atoms with Crippen LogP contribution in [0, 0.1) is 5.92 Å². The summed E-state index contributed by atoms with van der Waals surface area (Å²) in [6, 6.07) is 5.80. The standard InChI is InChI=1S/C97H178N4O17P2/c1-10-17-23-29-33-37-39-43-45-51-57-63-92(102)100-86(81-110-76-71-89(61-55-49-27-21-14-5)117-94(104)65-59-53-47-41-35-31-25-19-12-3)83-115-119(8,108)113-78-73-98-96(106)91(80-85-67-69-88(70-68-85)112-75-16-7)97(107)99-74-79-114-120(9,109)116-84-87(101-93(103)64-58-52-46-44-40-38-34-30-24-18-11-2)82-111-77-72-90(62-56-50-28-22-15-6)118-95(105)66-60-54-48-42-36-32-26-20-13-4/h41-42,47-48,67-70,86-87,89-91H,10-40,43-46,49-66,71-84H2,1-9H3,(H,98,106)(H,99,107)(H,100,102)(H,101,103)/b47-41-,48-42-. The number of benzene rings is 1. The molecular formula is C97H178N4O17P2. The summed E-state index contributed by atoms with van der Waals surface area (Å²) in [7, 11) is -7.62. The van der Waals surface area contributed by atoms with Crippen molar-refractivity contribution in [2.75, 3.05) is 85.9 Å². The number of unbranched alkanes of at least 4 members (excludes halogenated alkanes) is 38. The molecule has 0 saturated heterocycles. The Bertz CT molecular complexity index is 2620. The lowest BCUT2D eigenvalue weighted by atomic mass is 9.97. The average Bonchev–Trinajstić information content (AvgIpc) is 0.873. The lowest BCUT2D eigenvalue weighted by Crippen LogP contribution is -2.44. The molecule has 0 radical (unpaired) electrons. The molecule has 0 aliphatic carbocycles. The summed E-state index contributed by atoms with van der Waals surface area (Å²) in [6.07, 6.45) is 64.1. The molecule has 0 bridgehead atoms. The van der Waals surface area contributed by atoms with Crippen molar-refractivity contribution in [2.24, 2.45) is 5.92 Å². The highest BCUT2D eigenvalue weighted by Crippen LogP contribution is 2.44. The third-order valence-electron chi connectivity index (χ3n) is 21.6. The van der Waals surface area contributed by atoms with Crippen LogP contribution >= 0.6 is 15.2 Å². The SMILES string of the molecule is CCCCCC/C=C\CCCC(=O)OC(CCCCCCC)CCOCC(COP(C)(=O)OCCNC(=O)C(Cc1ccc(OCCC)cc1)C(=O)NCCOP(C)(=O)OCC(COCCC(CCCCCCC)OC(=O)CCC/C=C\CCCCCC)NC(=O)CCCCCCCCCCCCC)NC(=O)CCCCCCCCCCCCC. The molecular weight excluding hydrogens is 1560 g/mol. The number of rotatable bonds is 89. The Morgan fingerprint density at radius 3 is 1.02 bits per heavy atom. The highest BCUT2D eigenvalue weighted by atomic mass is 31.2. The molecule has 23 heteroatoms. The molecule has 1 aromatic carbocycles. The van der Waals surface area contributed by atoms with Gasteiger partial charge in [0, 0.05) is 64.9 Å². The first-order chi connectivity index (χ1) is 58.3. The number of hydrogen-bond acceptors (Lipinski definition) is 17. The minimum Gasteiger partial charge on any atom is -0.494 e. The molecule has 6 unspecified atom stereocenters. The summed E-state index contributed by atoms with van der Waals surface area (Å²) >= 11 is 0. The molecule has 0 spiro atoms. The first-order valence-electron chi connectivity index (χ1n) is 48.8. The number of amides is 4. The maximum Gasteiger partial charge on any atom is 0.327 e. The van der Waals surface area contributed by atoms with Crippen molar-refractivity contribution in [3.63, 3.8) is 0 Å². The normalized spacial score (nSPS) is 14.0. The monoisotopic (exact) mass is 1730 g/mol. The highest BCUT2D eigenvalue weighted by Gasteiger charge is 2.30. The van der Waals surface area contributed by atoms with E-state index in [2.05, 4.69) is 87.1 Å². The molecule has 4 amide bonds. The summed E-state index contributed by atoms with van der Waals surface area (Å²) in [5, 5.41) is 11.7. The van der Waals surface area contributed by atoms with Gasteiger partial charge in [0.05, 0.1) is 71.5 Å². The predicted octanol–water partition coefficient (Wildman–Crippen LogP) is 24.7. The van der Waals surface area contributed by atoms with E-state index >= 15 is 0 Å². The van der Waals surface area contributed by atoms with Crippen LogP contribution in [0.5, 0.6) is 5.75 Å². The van der Waals surface area contributed by atoms with Gasteiger partial charge in [-0.15, -0.1) is 0 Å². The van der Waals surface area contributed by atoms with Gasteiger partial charge < -0.3 is 63.0 Å². The molecule has 1 rings (SSSR count). The van der Waals surface area contributed by atoms with Crippen LogP contribution in [0.4, 0.5) is 0 Å². The molecule has 0 heterocycles. The van der Waals surface area contributed by atoms with Gasteiger partial charge in [0.15, 0.2) is 0 Å². The quantitative estimate of drug-likeness (QED) is 0.0155. The predicted molar refractivity (Wildman–Crippen MR) is 493 cm³/mol. The van der Waals surface area contributed by atoms with Crippen LogP contribution in [0.15, 0.2) is 48.6 Å². The number of carbonyl (C=O) groups is 6. The molecule has 4 N–H and O–H groups in total. The van der Waals surface area contributed by atoms with Crippen molar-refractivity contribution in [3.8, 4) is 5.75 Å². The maximum atomic E-state index is 14.2. The van der Waals surface area contributed by atoms with E-state index in [0.717, 1.165) is 173 Å². The van der Waals surface area contributed by atoms with Crippen LogP contribution in [0.2, 0.25) is 0 Å². The van der Waals surface area contributed by atoms with Gasteiger partial charge in [-0.05, 0) is 120 Å². The van der Waals surface area contributed by atoms with Gasteiger partial charge in [0.2, 0.25) is 23.6 Å². The van der Waals surface area contributed by atoms with Gasteiger partial charge in [-0.2, -0.15) is 0 Å². The van der Waals surface area contributed by atoms with Gasteiger partial charge in [-0.25, -0.2) is 0 Å². The molecule has 0 fully saturated rings. The lowest BCUT2D eigenvalue weighted by molar-refractivity contribution is -0.151. The van der Waals surface area contributed by atoms with E-state index in [1.807, 2.05) is 6.92 Å². The number of allylic oxidation sites excluding steroid dienone is 4. The topological polar surface area (TPSA) is 268 Å². The van der Waals surface area contributed by atoms with E-state index in [0.29, 0.717) is 56.4 Å². The second kappa shape index (κ2) is 81.6. The van der Waals surface area contributed by atoms with E-state index in [-0.39, 0.29) is 108 Å². The number of nitrogens with one attached hydrogen (secondary N) is 4. The first kappa shape index (κ1) is 114. The van der Waals surface area contributed by atoms with Crippen LogP contribution in [-0.2, 0) is 81.4 Å². The lowest BCUT2D eigenvalue weighted by Gasteiger charge is -2.23. The van der Waals surface area contributed by atoms with E-state index in [1.54, 1.807) is 24.3 Å². The van der Waals surface area contributed by atoms with E-state index in [4.69, 9.17) is 41.8 Å². The van der Waals surface area contributed by atoms with Crippen molar-refractivity contribution in [1.29, 1.82) is 0 Å². The second-order valence-electron chi connectivity index (χ2n) is 33.5. The average molecular weight is 1730 g/mol. The molecule has 1 aromatic rings. The minimum atomic E-state index is -3.81. The summed E-state index contributed by atoms with van der Waals surface area (Å²) in [5.41, 5.74) is 0.686. The zero-order chi connectivity index (χ0) is 87.7. The highest BCUT2D eigenvalue weighted by molar-refractivity contribution is 7.53. The summed E-state index contributed by atoms with van der Waals surface area (Å²) in [6.45, 7) is 18.0. The Morgan fingerprint density at radius 1 is 0.342 bits per heavy atom. The third-order valence-corrected chi connectivity index (χ3v) is 24.2. The Morgan fingerprint density at radius 2 is 0.667 bits per heavy atom. The fourth-order valence-electron chi connectivity index (χ4n) is 14.2. The van der Waals surface area contributed by atoms with Crippen molar-refractivity contribution >= 4 is 50.8 Å². The van der Waals surface area contributed by atoms with Gasteiger partial charge in [0.25, 0.3) is 0 Å². The smallest absolute Gasteiger partial charge is 0.327 e. The Balaban J connectivity index is 3.20. The van der Waals surface area contributed by atoms with E-state index < -0.39 is 45.0 Å². The largest absolute Gasteiger partial charge is 0.494 e. The first-order valence-corrected chi connectivity index (χ1v) is 52.8. The third kappa shape index (κ3) is 71.8. The van der Waals surface area contributed by atoms with Crippen LogP contribution in [-0.4, -0.2) is 146 Å². The molecule has 120 heavy (non-hydrogen) atoms. The maximum absolute atomic E-state index is 14.2. The fourth-order valence-corrected chi connectivity index (χ4v) is 16.1. The number of hydrogen-bond donors (Lipinski definition) is 4. The van der Waals surface area contributed by atoms with Crippen molar-refractivity contribution in [1.82, 2.24) is 21.3 Å². The molecule has 21 nitrogen and oxygen atoms in total. The van der Waals surface area contributed by atoms with E-state index in [9.17, 15) is 37.9 Å². The Labute approximate surface area is 731 Å². The summed E-state index contributed by atoms with van der Waals surface area (Å²) in [4.78, 5) is 81.7. The van der Waals surface area contributed by atoms with Crippen molar-refractivity contribution < 1.29 is 79.7 Å². The molecule has 0 saturated carbocycles. The van der Waals surface area contributed by atoms with Gasteiger partial charge in [-0.1, -0.05) is 303 Å². The molecule has 698 valence electrons. The zero-order valence-electron chi connectivity index (χ0n) is 77.7. The summed E-state index contributed by atoms with van der Waals surface area (Å²) < 4.78 is 81.9. The van der Waals surface area contributed by atoms with Crippen LogP contribution in [0.25, 0.3) is 0 Å². The minimum absolute atomic E-state index is 0.00554. The number of carbonyl (C=O) groups excluding carboxylic acids is 6. The van der Waals surface area contributed by atoms with Gasteiger partial charge in [0.1, 0.15) is 23.9 Å². The Kier molecular flexibility index (Phi) is 77.2. The van der Waals surface area contributed by atoms with Crippen LogP contribution in [0.3, 0.4) is 0 Å². The molecule has 0 aliphatic rings. The van der Waals surface area contributed by atoms with Gasteiger partial charge >= 0.3 is 27.1 Å². The summed E-state index contributed by atoms with van der Waals surface area (Å²) in [5.74, 6) is -2.60. The molecule has 0 aromatic heterocycles. The fraction of sp³-hybridized carbons (Fsp3) is 0.835. The van der Waals surface area contributed by atoms with Crippen LogP contribution < -0.4 is 26.0 Å². The van der Waals surface area contributed by atoms with Gasteiger partial charge in [-0.3, -0.25) is 37.9 Å². The second-order valence-corrected chi connectivity index (χ2v) is 37.6. The zero-order valence-corrected chi connectivity index (χ0v) is 79.5. The number of esters is 2. The van der Waals surface area contributed by atoms with Crippen molar-refractivity contribution in [3.05, 3.63) is 54.1 Å².